The second-order valence-electron chi connectivity index (χ2n) is 9.27. The first-order valence-electron chi connectivity index (χ1n) is 11.5. The summed E-state index contributed by atoms with van der Waals surface area (Å²) in [6, 6.07) is 2.62. The Morgan fingerprint density at radius 2 is 1.92 bits per heavy atom. The van der Waals surface area contributed by atoms with Crippen molar-refractivity contribution in [3.63, 3.8) is 0 Å². The Bertz CT molecular complexity index is 1710. The molecule has 5 heterocycles. The van der Waals surface area contributed by atoms with Crippen molar-refractivity contribution in [2.45, 2.75) is 37.4 Å². The largest absolute Gasteiger partial charge is 0.408 e. The van der Waals surface area contributed by atoms with E-state index in [2.05, 4.69) is 35.7 Å². The van der Waals surface area contributed by atoms with Gasteiger partial charge in [-0.15, -0.1) is 9.90 Å². The van der Waals surface area contributed by atoms with Gasteiger partial charge in [0.2, 0.25) is 11.9 Å². The minimum absolute atomic E-state index is 0.130. The molecule has 0 bridgehead atoms. The second-order valence-corrected chi connectivity index (χ2v) is 9.67. The zero-order valence-corrected chi connectivity index (χ0v) is 20.7. The lowest BCUT2D eigenvalue weighted by Gasteiger charge is -2.24. The van der Waals surface area contributed by atoms with Gasteiger partial charge in [-0.05, 0) is 19.4 Å². The van der Waals surface area contributed by atoms with Crippen LogP contribution in [-0.4, -0.2) is 56.4 Å². The molecule has 39 heavy (non-hydrogen) atoms. The van der Waals surface area contributed by atoms with Crippen LogP contribution >= 0.6 is 11.6 Å². The minimum atomic E-state index is -4.47. The Labute approximate surface area is 221 Å². The van der Waals surface area contributed by atoms with Gasteiger partial charge in [0.15, 0.2) is 11.5 Å². The van der Waals surface area contributed by atoms with Gasteiger partial charge in [-0.3, -0.25) is 9.48 Å². The number of carbonyl (C=O) groups is 1. The van der Waals surface area contributed by atoms with E-state index in [1.807, 2.05) is 0 Å². The van der Waals surface area contributed by atoms with E-state index in [4.69, 9.17) is 11.6 Å². The normalized spacial score (nSPS) is 19.0. The lowest BCUT2D eigenvalue weighted by Crippen LogP contribution is -2.25. The number of carbonyl (C=O) groups excluding carboxylic acids is 1. The molecule has 11 nitrogen and oxygen atoms in total. The first kappa shape index (κ1) is 24.9. The molecule has 0 aromatic carbocycles. The van der Waals surface area contributed by atoms with E-state index in [0.29, 0.717) is 22.5 Å². The fourth-order valence-electron chi connectivity index (χ4n) is 4.95. The van der Waals surface area contributed by atoms with Crippen molar-refractivity contribution >= 4 is 28.8 Å². The molecule has 16 heteroatoms. The Hall–Kier alpha value is -4.40. The number of alkyl halides is 3. The molecule has 1 aliphatic carbocycles. The van der Waals surface area contributed by atoms with Crippen LogP contribution in [0, 0.1) is 5.95 Å². The van der Waals surface area contributed by atoms with Gasteiger partial charge >= 0.3 is 6.18 Å². The number of aromatic nitrogens is 9. The monoisotopic (exact) mass is 560 g/mol. The quantitative estimate of drug-likeness (QED) is 0.325. The molecule has 5 aromatic heterocycles. The van der Waals surface area contributed by atoms with E-state index >= 15 is 0 Å². The van der Waals surface area contributed by atoms with Gasteiger partial charge < -0.3 is 5.32 Å². The van der Waals surface area contributed by atoms with E-state index in [1.165, 1.54) is 52.6 Å². The van der Waals surface area contributed by atoms with Crippen LogP contribution in [0.3, 0.4) is 0 Å². The molecule has 5 aromatic rings. The molecule has 0 fully saturated rings. The third kappa shape index (κ3) is 4.37. The predicted octanol–water partition coefficient (Wildman–Crippen LogP) is 3.69. The lowest BCUT2D eigenvalue weighted by atomic mass is 9.80. The summed E-state index contributed by atoms with van der Waals surface area (Å²) in [4.78, 5) is 23.2. The summed E-state index contributed by atoms with van der Waals surface area (Å²) in [6.45, 7) is 0.469. The highest BCUT2D eigenvalue weighted by atomic mass is 35.5. The number of nitrogens with zero attached hydrogens (tertiary/aromatic N) is 9. The molecule has 0 radical (unpaired) electrons. The maximum atomic E-state index is 14.1. The molecule has 2 atom stereocenters. The van der Waals surface area contributed by atoms with Gasteiger partial charge in [0.05, 0.1) is 47.1 Å². The number of amides is 1. The molecular weight excluding hydrogens is 544 g/mol. The summed E-state index contributed by atoms with van der Waals surface area (Å²) < 4.78 is 55.1. The van der Waals surface area contributed by atoms with E-state index in [-0.39, 0.29) is 22.9 Å². The summed E-state index contributed by atoms with van der Waals surface area (Å²) in [5.41, 5.74) is 0.734. The van der Waals surface area contributed by atoms with Gasteiger partial charge in [-0.1, -0.05) is 11.6 Å². The average Bonchev–Trinajstić information content (AvgIpc) is 3.64. The van der Waals surface area contributed by atoms with Crippen molar-refractivity contribution in [1.82, 2.24) is 44.4 Å². The van der Waals surface area contributed by atoms with Crippen molar-refractivity contribution in [3.8, 4) is 5.82 Å². The number of pyridine rings is 1. The van der Waals surface area contributed by atoms with E-state index in [1.54, 1.807) is 6.92 Å². The summed E-state index contributed by atoms with van der Waals surface area (Å²) in [5.74, 6) is -1.78. The number of halogens is 5. The fraction of sp³-hybridized carbons (Fsp3) is 0.261. The topological polar surface area (TPSA) is 121 Å². The van der Waals surface area contributed by atoms with Crippen LogP contribution < -0.4 is 5.32 Å². The molecule has 0 spiro atoms. The van der Waals surface area contributed by atoms with Gasteiger partial charge in [-0.2, -0.15) is 32.9 Å². The van der Waals surface area contributed by atoms with Gasteiger partial charge in [0, 0.05) is 35.0 Å². The Morgan fingerprint density at radius 1 is 1.15 bits per heavy atom. The fourth-order valence-corrected chi connectivity index (χ4v) is 5.19. The molecule has 1 aliphatic rings. The molecule has 6 rings (SSSR count). The summed E-state index contributed by atoms with van der Waals surface area (Å²) >= 11 is 6.33. The van der Waals surface area contributed by atoms with Crippen molar-refractivity contribution in [2.24, 2.45) is 0 Å². The lowest BCUT2D eigenvalue weighted by molar-refractivity contribution is -0.142. The zero-order valence-electron chi connectivity index (χ0n) is 19.9. The van der Waals surface area contributed by atoms with Crippen molar-refractivity contribution in [2.75, 3.05) is 5.32 Å². The molecular formula is C23H17ClF4N10O. The van der Waals surface area contributed by atoms with Crippen LogP contribution in [-0.2, 0) is 16.8 Å². The standard InChI is InChI=1S/C23H17ClF4N10O/c1-22(12-7-33-36(10-12)11-23(26,27)28)6-14(15-9-29-18-5-17(25)35-37(18)19(15)22)21(39)34-13-4-16(24)20(30-8-13)38-31-2-3-32-38/h2-5,7-10,14H,6,11H2,1H3,(H,34,39)/t14-,22-/m0/s1. The molecule has 0 unspecified atom stereocenters. The van der Waals surface area contributed by atoms with Crippen LogP contribution in [0.5, 0.6) is 0 Å². The van der Waals surface area contributed by atoms with E-state index in [0.717, 1.165) is 10.7 Å². The first-order chi connectivity index (χ1) is 18.5. The molecule has 0 aliphatic heterocycles. The summed E-state index contributed by atoms with van der Waals surface area (Å²) in [7, 11) is 0. The molecule has 0 saturated heterocycles. The molecule has 1 N–H and O–H groups in total. The molecule has 1 amide bonds. The number of hydrogen-bond acceptors (Lipinski definition) is 7. The van der Waals surface area contributed by atoms with Crippen LogP contribution in [0.25, 0.3) is 11.5 Å². The van der Waals surface area contributed by atoms with Gasteiger partial charge in [0.1, 0.15) is 6.54 Å². The van der Waals surface area contributed by atoms with E-state index in [9.17, 15) is 22.4 Å². The number of nitrogens with one attached hydrogen (secondary N) is 1. The zero-order chi connectivity index (χ0) is 27.5. The SMILES string of the molecule is C[C@@]1(c2cnn(CC(F)(F)F)c2)C[C@H](C(=O)Nc2cnc(-n3nccn3)c(Cl)c2)c2cnc3cc(F)nn3c21. The molecule has 0 saturated carbocycles. The Balaban J connectivity index is 1.37. The smallest absolute Gasteiger partial charge is 0.324 e. The molecule has 200 valence electrons. The highest BCUT2D eigenvalue weighted by Crippen LogP contribution is 2.50. The number of rotatable bonds is 5. The van der Waals surface area contributed by atoms with E-state index < -0.39 is 35.9 Å². The van der Waals surface area contributed by atoms with Crippen LogP contribution in [0.1, 0.15) is 36.1 Å². The van der Waals surface area contributed by atoms with Crippen molar-refractivity contribution < 1.29 is 22.4 Å². The maximum absolute atomic E-state index is 14.1. The predicted molar refractivity (Wildman–Crippen MR) is 128 cm³/mol. The number of hydrogen-bond donors (Lipinski definition) is 1. The minimum Gasteiger partial charge on any atom is -0.324 e. The number of anilines is 1. The highest BCUT2D eigenvalue weighted by molar-refractivity contribution is 6.32. The maximum Gasteiger partial charge on any atom is 0.408 e. The summed E-state index contributed by atoms with van der Waals surface area (Å²) in [6.07, 6.45) is 4.02. The van der Waals surface area contributed by atoms with Gasteiger partial charge in [0.25, 0.3) is 0 Å². The Morgan fingerprint density at radius 3 is 2.64 bits per heavy atom. The first-order valence-corrected chi connectivity index (χ1v) is 11.9. The summed E-state index contributed by atoms with van der Waals surface area (Å²) in [5, 5.41) is 18.7. The average molecular weight is 561 g/mol. The highest BCUT2D eigenvalue weighted by Gasteiger charge is 2.48. The van der Waals surface area contributed by atoms with Crippen molar-refractivity contribution in [1.29, 1.82) is 0 Å². The third-order valence-electron chi connectivity index (χ3n) is 6.62. The Kier molecular flexibility index (Phi) is 5.64. The third-order valence-corrected chi connectivity index (χ3v) is 6.90. The van der Waals surface area contributed by atoms with Gasteiger partial charge in [-0.25, -0.2) is 14.5 Å². The van der Waals surface area contributed by atoms with Crippen LogP contribution in [0.15, 0.2) is 49.3 Å². The van der Waals surface area contributed by atoms with Crippen LogP contribution in [0.4, 0.5) is 23.2 Å². The van der Waals surface area contributed by atoms with Crippen LogP contribution in [0.2, 0.25) is 5.02 Å². The second kappa shape index (κ2) is 8.83. The number of fused-ring (bicyclic) bond motifs is 3. The van der Waals surface area contributed by atoms with Crippen molar-refractivity contribution in [3.05, 3.63) is 77.1 Å².